The molecule has 3 atom stereocenters. The number of nitrogens with zero attached hydrogens (tertiary/aromatic N) is 6. The number of nitriles is 1. The Labute approximate surface area is 280 Å². The van der Waals surface area contributed by atoms with Gasteiger partial charge in [0, 0.05) is 25.0 Å². The molecule has 0 radical (unpaired) electrons. The molecule has 0 aliphatic carbocycles. The average molecular weight is 663 g/mol. The van der Waals surface area contributed by atoms with E-state index in [1.54, 1.807) is 116 Å². The Bertz CT molecular complexity index is 2240. The summed E-state index contributed by atoms with van der Waals surface area (Å²) in [5, 5.41) is 23.0. The van der Waals surface area contributed by atoms with Gasteiger partial charge in [0.25, 0.3) is 17.0 Å². The number of carbonyl (C=O) groups is 2. The molecule has 1 saturated heterocycles. The van der Waals surface area contributed by atoms with Gasteiger partial charge in [0.2, 0.25) is 5.91 Å². The Kier molecular flexibility index (Phi) is 8.24. The number of aromatic nitrogens is 4. The van der Waals surface area contributed by atoms with E-state index in [0.717, 1.165) is 4.90 Å². The summed E-state index contributed by atoms with van der Waals surface area (Å²) < 4.78 is 5.91. The molecule has 1 aliphatic heterocycles. The summed E-state index contributed by atoms with van der Waals surface area (Å²) in [6, 6.07) is 26.1. The van der Waals surface area contributed by atoms with Crippen molar-refractivity contribution in [1.82, 2.24) is 18.7 Å². The van der Waals surface area contributed by atoms with Crippen LogP contribution < -0.4 is 21.3 Å². The van der Waals surface area contributed by atoms with Gasteiger partial charge in [-0.25, -0.2) is 9.36 Å². The Morgan fingerprint density at radius 1 is 0.812 bits per heavy atom. The first-order valence-electron chi connectivity index (χ1n) is 15.0. The monoisotopic (exact) mass is 662 g/mol. The van der Waals surface area contributed by atoms with Crippen LogP contribution in [0, 0.1) is 42.4 Å². The molecular weight excluding hydrogens is 632 g/mol. The Morgan fingerprint density at radius 3 is 1.88 bits per heavy atom. The van der Waals surface area contributed by atoms with Crippen LogP contribution in [0.25, 0.3) is 11.4 Å². The van der Waals surface area contributed by atoms with Gasteiger partial charge >= 0.3 is 0 Å². The first-order chi connectivity index (χ1) is 23.0. The highest BCUT2D eigenvalue weighted by molar-refractivity contribution is 6.30. The average Bonchev–Trinajstić information content (AvgIpc) is 3.43. The molecule has 1 aliphatic rings. The third-order valence-electron chi connectivity index (χ3n) is 8.97. The summed E-state index contributed by atoms with van der Waals surface area (Å²) in [6.45, 7) is 3.30. The molecule has 5 aromatic rings. The van der Waals surface area contributed by atoms with Gasteiger partial charge in [0.15, 0.2) is 0 Å². The smallest absolute Gasteiger partial charge is 0.296 e. The van der Waals surface area contributed by atoms with Crippen molar-refractivity contribution in [3.63, 3.8) is 0 Å². The molecule has 3 unspecified atom stereocenters. The van der Waals surface area contributed by atoms with Gasteiger partial charge in [-0.3, -0.25) is 38.9 Å². The van der Waals surface area contributed by atoms with E-state index in [0.29, 0.717) is 33.3 Å². The molecule has 3 heterocycles. The van der Waals surface area contributed by atoms with Crippen LogP contribution in [0.2, 0.25) is 5.02 Å². The highest BCUT2D eigenvalue weighted by Crippen LogP contribution is 2.41. The predicted molar refractivity (Wildman–Crippen MR) is 182 cm³/mol. The lowest BCUT2D eigenvalue weighted by Gasteiger charge is -2.40. The Morgan fingerprint density at radius 2 is 1.33 bits per heavy atom. The standard InChI is InChI=1S/C35H31ClN8O4/c1-20-29(34(47)43(40(20)3)24-11-7-5-8-12-24)39-32(45)28-27(22-15-17-23(36)18-16-22)26(19-37)33(46)42(31(28)38)30-21(2)41(4)44(35(30)48)25-13-9-6-10-14-25/h5-18,26-28,38H,1-4H3,(H,39,45). The maximum atomic E-state index is 14.4. The van der Waals surface area contributed by atoms with Gasteiger partial charge in [0.05, 0.1) is 28.8 Å². The van der Waals surface area contributed by atoms with E-state index in [-0.39, 0.29) is 11.4 Å². The number of hydrogen-bond acceptors (Lipinski definition) is 6. The van der Waals surface area contributed by atoms with E-state index in [2.05, 4.69) is 5.32 Å². The topological polar surface area (TPSA) is 151 Å². The number of hydrogen-bond donors (Lipinski definition) is 2. The van der Waals surface area contributed by atoms with Gasteiger partial charge in [0.1, 0.15) is 29.0 Å². The molecule has 242 valence electrons. The van der Waals surface area contributed by atoms with Crippen molar-refractivity contribution < 1.29 is 9.59 Å². The van der Waals surface area contributed by atoms with E-state index < -0.39 is 46.5 Å². The summed E-state index contributed by atoms with van der Waals surface area (Å²) >= 11 is 6.15. The normalized spacial score (nSPS) is 17.8. The number of anilines is 2. The second-order valence-corrected chi connectivity index (χ2v) is 12.0. The number of halogens is 1. The lowest BCUT2D eigenvalue weighted by Crippen LogP contribution is -2.57. The van der Waals surface area contributed by atoms with Crippen molar-refractivity contribution in [3.05, 3.63) is 128 Å². The molecular formula is C35H31ClN8O4. The van der Waals surface area contributed by atoms with Crippen molar-refractivity contribution >= 4 is 40.6 Å². The van der Waals surface area contributed by atoms with E-state index in [1.807, 2.05) is 12.1 Å². The predicted octanol–water partition coefficient (Wildman–Crippen LogP) is 4.44. The second kappa shape index (κ2) is 12.4. The summed E-state index contributed by atoms with van der Waals surface area (Å²) in [6.07, 6.45) is 0. The third-order valence-corrected chi connectivity index (χ3v) is 9.22. The highest BCUT2D eigenvalue weighted by Gasteiger charge is 2.52. The zero-order valence-corrected chi connectivity index (χ0v) is 27.3. The molecule has 12 nitrogen and oxygen atoms in total. The van der Waals surface area contributed by atoms with Crippen LogP contribution in [-0.4, -0.2) is 36.4 Å². The SMILES string of the molecule is Cc1c(NC(=O)C2C(=N)N(c3c(C)n(C)n(-c4ccccc4)c3=O)C(=O)C(C#N)C2c2ccc(Cl)cc2)c(=O)n(-c2ccccc2)n1C. The van der Waals surface area contributed by atoms with Crippen molar-refractivity contribution in [2.24, 2.45) is 25.9 Å². The third kappa shape index (κ3) is 5.05. The molecule has 48 heavy (non-hydrogen) atoms. The Hall–Kier alpha value is -5.93. The van der Waals surface area contributed by atoms with Crippen LogP contribution in [-0.2, 0) is 23.7 Å². The fraction of sp³-hybridized carbons (Fsp3) is 0.200. The van der Waals surface area contributed by atoms with E-state index in [4.69, 9.17) is 11.6 Å². The fourth-order valence-corrected chi connectivity index (χ4v) is 6.49. The highest BCUT2D eigenvalue weighted by atomic mass is 35.5. The minimum absolute atomic E-state index is 0.0201. The molecule has 0 saturated carbocycles. The fourth-order valence-electron chi connectivity index (χ4n) is 6.36. The van der Waals surface area contributed by atoms with Crippen LogP contribution in [0.3, 0.4) is 0 Å². The van der Waals surface area contributed by atoms with Gasteiger partial charge in [-0.05, 0) is 55.8 Å². The number of carbonyl (C=O) groups excluding carboxylic acids is 2. The lowest BCUT2D eigenvalue weighted by atomic mass is 9.72. The first-order valence-corrected chi connectivity index (χ1v) is 15.4. The molecule has 2 N–H and O–H groups in total. The zero-order valence-electron chi connectivity index (χ0n) is 26.5. The number of amidine groups is 1. The number of benzene rings is 3. The summed E-state index contributed by atoms with van der Waals surface area (Å²) in [5.74, 6) is -6.20. The quantitative estimate of drug-likeness (QED) is 0.276. The molecule has 13 heteroatoms. The van der Waals surface area contributed by atoms with E-state index in [1.165, 1.54) is 9.36 Å². The van der Waals surface area contributed by atoms with Crippen LogP contribution in [0.1, 0.15) is 22.9 Å². The minimum atomic E-state index is -1.47. The van der Waals surface area contributed by atoms with Gasteiger partial charge in [-0.1, -0.05) is 60.1 Å². The lowest BCUT2D eigenvalue weighted by molar-refractivity contribution is -0.123. The van der Waals surface area contributed by atoms with Gasteiger partial charge in [-0.2, -0.15) is 5.26 Å². The van der Waals surface area contributed by atoms with Crippen LogP contribution in [0.4, 0.5) is 11.4 Å². The van der Waals surface area contributed by atoms with Crippen LogP contribution >= 0.6 is 11.6 Å². The minimum Gasteiger partial charge on any atom is -0.319 e. The zero-order chi connectivity index (χ0) is 34.4. The number of nitrogens with one attached hydrogen (secondary N) is 2. The van der Waals surface area contributed by atoms with E-state index >= 15 is 0 Å². The van der Waals surface area contributed by atoms with Crippen molar-refractivity contribution in [3.8, 4) is 17.4 Å². The van der Waals surface area contributed by atoms with Gasteiger partial charge in [-0.15, -0.1) is 0 Å². The number of para-hydroxylation sites is 2. The largest absolute Gasteiger partial charge is 0.319 e. The van der Waals surface area contributed by atoms with Crippen molar-refractivity contribution in [2.75, 3.05) is 10.2 Å². The van der Waals surface area contributed by atoms with Crippen molar-refractivity contribution in [2.45, 2.75) is 19.8 Å². The maximum Gasteiger partial charge on any atom is 0.296 e. The summed E-state index contributed by atoms with van der Waals surface area (Å²) in [7, 11) is 3.32. The van der Waals surface area contributed by atoms with Crippen molar-refractivity contribution in [1.29, 1.82) is 10.7 Å². The molecule has 2 aromatic heterocycles. The van der Waals surface area contributed by atoms with Crippen LogP contribution in [0.15, 0.2) is 94.5 Å². The number of piperidine rings is 1. The molecule has 0 spiro atoms. The Balaban J connectivity index is 1.50. The van der Waals surface area contributed by atoms with Crippen LogP contribution in [0.5, 0.6) is 0 Å². The first kappa shape index (κ1) is 32.0. The van der Waals surface area contributed by atoms with E-state index in [9.17, 15) is 29.8 Å². The molecule has 6 rings (SSSR count). The number of amides is 2. The molecule has 0 bridgehead atoms. The number of rotatable bonds is 6. The summed E-state index contributed by atoms with van der Waals surface area (Å²) in [5.41, 5.74) is 1.02. The second-order valence-electron chi connectivity index (χ2n) is 11.6. The molecule has 2 amide bonds. The summed E-state index contributed by atoms with van der Waals surface area (Å²) in [4.78, 5) is 57.3. The molecule has 1 fully saturated rings. The van der Waals surface area contributed by atoms with Gasteiger partial charge < -0.3 is 5.32 Å². The maximum absolute atomic E-state index is 14.4. The molecule has 3 aromatic carbocycles.